The molecule has 0 radical (unpaired) electrons. The van der Waals surface area contributed by atoms with Gasteiger partial charge in [0.05, 0.1) is 22.8 Å². The second-order valence-corrected chi connectivity index (χ2v) is 8.14. The summed E-state index contributed by atoms with van der Waals surface area (Å²) in [6.07, 6.45) is 0. The molecule has 2 aromatic carbocycles. The van der Waals surface area contributed by atoms with Gasteiger partial charge in [0, 0.05) is 12.6 Å². The highest BCUT2D eigenvalue weighted by Crippen LogP contribution is 2.31. The number of benzene rings is 2. The van der Waals surface area contributed by atoms with Gasteiger partial charge in [-0.05, 0) is 48.9 Å². The van der Waals surface area contributed by atoms with Crippen LogP contribution in [-0.4, -0.2) is 16.9 Å². The van der Waals surface area contributed by atoms with E-state index in [1.165, 1.54) is 6.92 Å². The summed E-state index contributed by atoms with van der Waals surface area (Å²) in [5.74, 6) is 1.19. The molecule has 31 heavy (non-hydrogen) atoms. The molecule has 4 rings (SSSR count). The molecule has 3 N–H and O–H groups in total. The smallest absolute Gasteiger partial charge is 0.315 e. The third-order valence-electron chi connectivity index (χ3n) is 4.64. The molecule has 3 amide bonds. The maximum absolute atomic E-state index is 12.3. The Morgan fingerprint density at radius 2 is 1.94 bits per heavy atom. The quantitative estimate of drug-likeness (QED) is 0.394. The van der Waals surface area contributed by atoms with E-state index in [9.17, 15) is 9.59 Å². The van der Waals surface area contributed by atoms with Gasteiger partial charge in [0.1, 0.15) is 5.76 Å². The Hall–Kier alpha value is -3.65. The molecule has 2 heterocycles. The van der Waals surface area contributed by atoms with Gasteiger partial charge in [-0.3, -0.25) is 4.79 Å². The van der Waals surface area contributed by atoms with E-state index >= 15 is 0 Å². The summed E-state index contributed by atoms with van der Waals surface area (Å²) in [4.78, 5) is 28.1. The van der Waals surface area contributed by atoms with Gasteiger partial charge >= 0.3 is 6.03 Å². The summed E-state index contributed by atoms with van der Waals surface area (Å²) in [6.45, 7) is 3.60. The third kappa shape index (κ3) is 5.10. The maximum Gasteiger partial charge on any atom is 0.315 e. The minimum atomic E-state index is -0.310. The minimum Gasteiger partial charge on any atom is -0.457 e. The number of hydrogen-bond donors (Lipinski definition) is 3. The summed E-state index contributed by atoms with van der Waals surface area (Å²) in [6, 6.07) is 18.5. The Labute approximate surface area is 183 Å². The number of aromatic nitrogens is 1. The molecule has 0 spiro atoms. The number of carbonyl (C=O) groups excluding carboxylic acids is 2. The van der Waals surface area contributed by atoms with Gasteiger partial charge in [0.25, 0.3) is 0 Å². The van der Waals surface area contributed by atoms with Crippen LogP contribution in [0.2, 0.25) is 0 Å². The fourth-order valence-corrected chi connectivity index (χ4v) is 4.08. The number of thiazole rings is 1. The number of para-hydroxylation sites is 1. The zero-order chi connectivity index (χ0) is 21.8. The van der Waals surface area contributed by atoms with Crippen molar-refractivity contribution in [2.45, 2.75) is 26.4 Å². The monoisotopic (exact) mass is 434 g/mol. The molecule has 0 fully saturated rings. The number of amides is 3. The van der Waals surface area contributed by atoms with E-state index in [0.717, 1.165) is 20.8 Å². The maximum atomic E-state index is 12.3. The van der Waals surface area contributed by atoms with Crippen molar-refractivity contribution >= 4 is 39.2 Å². The van der Waals surface area contributed by atoms with E-state index < -0.39 is 0 Å². The van der Waals surface area contributed by atoms with Crippen LogP contribution >= 0.6 is 11.3 Å². The number of urea groups is 1. The summed E-state index contributed by atoms with van der Waals surface area (Å²) in [5, 5.41) is 9.25. The standard InChI is InChI=1S/C23H22N4O3S/c1-14(16-6-5-7-17(12-16)26-15(2)28)25-23(29)24-13-18-10-11-20(30-18)22-27-19-8-3-4-9-21(19)31-22/h3-12,14H,13H2,1-2H3,(H,26,28)(H2,24,25,29)/t14-/m1/s1. The van der Waals surface area contributed by atoms with Crippen molar-refractivity contribution in [3.63, 3.8) is 0 Å². The molecule has 2 aromatic heterocycles. The van der Waals surface area contributed by atoms with Gasteiger partial charge in [-0.25, -0.2) is 9.78 Å². The Balaban J connectivity index is 1.33. The number of carbonyl (C=O) groups is 2. The Morgan fingerprint density at radius 1 is 1.10 bits per heavy atom. The molecule has 158 valence electrons. The zero-order valence-electron chi connectivity index (χ0n) is 17.1. The molecule has 0 aliphatic carbocycles. The van der Waals surface area contributed by atoms with Crippen LogP contribution in [0.15, 0.2) is 65.1 Å². The molecule has 0 unspecified atom stereocenters. The summed E-state index contributed by atoms with van der Waals surface area (Å²) < 4.78 is 6.96. The highest BCUT2D eigenvalue weighted by molar-refractivity contribution is 7.21. The van der Waals surface area contributed by atoms with Gasteiger partial charge < -0.3 is 20.4 Å². The Kier molecular flexibility index (Phi) is 5.99. The number of nitrogens with one attached hydrogen (secondary N) is 3. The highest BCUT2D eigenvalue weighted by Gasteiger charge is 2.13. The summed E-state index contributed by atoms with van der Waals surface area (Å²) in [5.41, 5.74) is 2.52. The van der Waals surface area contributed by atoms with Gasteiger partial charge in [0.15, 0.2) is 10.8 Å². The lowest BCUT2D eigenvalue weighted by Crippen LogP contribution is -2.36. The lowest BCUT2D eigenvalue weighted by molar-refractivity contribution is -0.114. The lowest BCUT2D eigenvalue weighted by atomic mass is 10.1. The molecule has 4 aromatic rings. The van der Waals surface area contributed by atoms with Crippen LogP contribution in [0.25, 0.3) is 21.0 Å². The van der Waals surface area contributed by atoms with Gasteiger partial charge in [-0.1, -0.05) is 24.3 Å². The first-order valence-electron chi connectivity index (χ1n) is 9.84. The van der Waals surface area contributed by atoms with Crippen molar-refractivity contribution in [2.24, 2.45) is 0 Å². The van der Waals surface area contributed by atoms with Crippen LogP contribution < -0.4 is 16.0 Å². The predicted molar refractivity (Wildman–Crippen MR) is 122 cm³/mol. The molecule has 0 aliphatic heterocycles. The van der Waals surface area contributed by atoms with E-state index in [-0.39, 0.29) is 24.5 Å². The van der Waals surface area contributed by atoms with Crippen LogP contribution in [0.5, 0.6) is 0 Å². The molecule has 8 heteroatoms. The van der Waals surface area contributed by atoms with E-state index in [1.54, 1.807) is 17.4 Å². The van der Waals surface area contributed by atoms with E-state index in [4.69, 9.17) is 4.42 Å². The second-order valence-electron chi connectivity index (χ2n) is 7.11. The Bertz CT molecular complexity index is 1200. The molecular formula is C23H22N4O3S. The number of rotatable bonds is 6. The number of fused-ring (bicyclic) bond motifs is 1. The second kappa shape index (κ2) is 9.01. The largest absolute Gasteiger partial charge is 0.457 e. The van der Waals surface area contributed by atoms with Gasteiger partial charge in [0.2, 0.25) is 5.91 Å². The van der Waals surface area contributed by atoms with E-state index in [0.29, 0.717) is 17.2 Å². The van der Waals surface area contributed by atoms with Crippen LogP contribution in [0, 0.1) is 0 Å². The van der Waals surface area contributed by atoms with Crippen LogP contribution in [-0.2, 0) is 11.3 Å². The summed E-state index contributed by atoms with van der Waals surface area (Å²) in [7, 11) is 0. The first-order chi connectivity index (χ1) is 15.0. The lowest BCUT2D eigenvalue weighted by Gasteiger charge is -2.16. The van der Waals surface area contributed by atoms with Crippen molar-refractivity contribution in [3.8, 4) is 10.8 Å². The van der Waals surface area contributed by atoms with Crippen molar-refractivity contribution in [1.82, 2.24) is 15.6 Å². The molecular weight excluding hydrogens is 412 g/mol. The predicted octanol–water partition coefficient (Wildman–Crippen LogP) is 5.08. The SMILES string of the molecule is CC(=O)Nc1cccc([C@@H](C)NC(=O)NCc2ccc(-c3nc4ccccc4s3)o2)c1. The van der Waals surface area contributed by atoms with Crippen LogP contribution in [0.1, 0.15) is 31.2 Å². The summed E-state index contributed by atoms with van der Waals surface area (Å²) >= 11 is 1.57. The first kappa shape index (κ1) is 20.6. The van der Waals surface area contributed by atoms with Crippen LogP contribution in [0.3, 0.4) is 0 Å². The fraction of sp³-hybridized carbons (Fsp3) is 0.174. The minimum absolute atomic E-state index is 0.140. The number of furan rings is 1. The van der Waals surface area contributed by atoms with E-state index in [2.05, 4.69) is 20.9 Å². The molecule has 0 saturated heterocycles. The third-order valence-corrected chi connectivity index (χ3v) is 5.70. The molecule has 7 nitrogen and oxygen atoms in total. The molecule has 0 bridgehead atoms. The van der Waals surface area contributed by atoms with Crippen molar-refractivity contribution in [2.75, 3.05) is 5.32 Å². The normalized spacial score (nSPS) is 11.8. The topological polar surface area (TPSA) is 96.3 Å². The molecule has 1 atom stereocenters. The van der Waals surface area contributed by atoms with E-state index in [1.807, 2.05) is 61.5 Å². The van der Waals surface area contributed by atoms with Gasteiger partial charge in [-0.15, -0.1) is 11.3 Å². The molecule has 0 saturated carbocycles. The van der Waals surface area contributed by atoms with Crippen molar-refractivity contribution in [1.29, 1.82) is 0 Å². The van der Waals surface area contributed by atoms with Crippen molar-refractivity contribution in [3.05, 3.63) is 72.0 Å². The van der Waals surface area contributed by atoms with Crippen molar-refractivity contribution < 1.29 is 14.0 Å². The average molecular weight is 435 g/mol. The number of anilines is 1. The van der Waals surface area contributed by atoms with Crippen LogP contribution in [0.4, 0.5) is 10.5 Å². The zero-order valence-corrected chi connectivity index (χ0v) is 18.0. The fourth-order valence-electron chi connectivity index (χ4n) is 3.15. The highest BCUT2D eigenvalue weighted by atomic mass is 32.1. The first-order valence-corrected chi connectivity index (χ1v) is 10.7. The number of nitrogens with zero attached hydrogens (tertiary/aromatic N) is 1. The Morgan fingerprint density at radius 3 is 2.74 bits per heavy atom. The average Bonchev–Trinajstić information content (AvgIpc) is 3.38. The van der Waals surface area contributed by atoms with Gasteiger partial charge in [-0.2, -0.15) is 0 Å². The number of hydrogen-bond acceptors (Lipinski definition) is 5. The molecule has 0 aliphatic rings.